The van der Waals surface area contributed by atoms with Crippen molar-refractivity contribution in [2.24, 2.45) is 0 Å². The second-order valence-electron chi connectivity index (χ2n) is 5.31. The highest BCUT2D eigenvalue weighted by atomic mass is 32.2. The Kier molecular flexibility index (Phi) is 8.16. The van der Waals surface area contributed by atoms with E-state index in [1.54, 1.807) is 27.7 Å². The van der Waals surface area contributed by atoms with Crippen molar-refractivity contribution in [3.8, 4) is 0 Å². The van der Waals surface area contributed by atoms with Gasteiger partial charge in [-0.15, -0.1) is 11.8 Å². The van der Waals surface area contributed by atoms with Crippen molar-refractivity contribution in [2.45, 2.75) is 44.6 Å². The Balaban J connectivity index is 4.37. The van der Waals surface area contributed by atoms with E-state index in [0.717, 1.165) is 11.8 Å². The van der Waals surface area contributed by atoms with Crippen LogP contribution in [0, 0.1) is 0 Å². The SMILES string of the molecule is COC(=O)C(SCC(C)NC(=O)OC(C)(C)C)C(=O)OC. The molecule has 0 aliphatic heterocycles. The normalized spacial score (nSPS) is 12.5. The third-order valence-electron chi connectivity index (χ3n) is 2.11. The lowest BCUT2D eigenvalue weighted by Crippen LogP contribution is -2.40. The Morgan fingerprint density at radius 1 is 1.10 bits per heavy atom. The molecule has 0 rings (SSSR count). The molecular formula is C13H23NO6S. The Labute approximate surface area is 129 Å². The predicted molar refractivity (Wildman–Crippen MR) is 79.1 cm³/mol. The Hall–Kier alpha value is -1.44. The maximum Gasteiger partial charge on any atom is 0.407 e. The topological polar surface area (TPSA) is 90.9 Å². The second-order valence-corrected chi connectivity index (χ2v) is 6.45. The van der Waals surface area contributed by atoms with E-state index in [1.165, 1.54) is 14.2 Å². The summed E-state index contributed by atoms with van der Waals surface area (Å²) in [6, 6.07) is -0.290. The first-order valence-electron chi connectivity index (χ1n) is 6.37. The minimum absolute atomic E-state index is 0.290. The van der Waals surface area contributed by atoms with Gasteiger partial charge in [-0.1, -0.05) is 0 Å². The molecular weight excluding hydrogens is 298 g/mol. The molecule has 0 aromatic carbocycles. The molecule has 1 amide bonds. The van der Waals surface area contributed by atoms with Crippen molar-refractivity contribution in [1.82, 2.24) is 5.32 Å². The molecule has 1 atom stereocenters. The number of carbonyl (C=O) groups excluding carboxylic acids is 3. The van der Waals surface area contributed by atoms with Gasteiger partial charge in [0.2, 0.25) is 0 Å². The number of esters is 2. The monoisotopic (exact) mass is 321 g/mol. The molecule has 0 spiro atoms. The molecule has 0 saturated heterocycles. The Morgan fingerprint density at radius 2 is 1.57 bits per heavy atom. The summed E-state index contributed by atoms with van der Waals surface area (Å²) in [6.07, 6.45) is -0.553. The molecule has 21 heavy (non-hydrogen) atoms. The average molecular weight is 321 g/mol. The van der Waals surface area contributed by atoms with Crippen LogP contribution in [-0.4, -0.2) is 54.9 Å². The van der Waals surface area contributed by atoms with E-state index < -0.39 is 28.9 Å². The molecule has 0 radical (unpaired) electrons. The van der Waals surface area contributed by atoms with Gasteiger partial charge in [0.05, 0.1) is 14.2 Å². The zero-order valence-electron chi connectivity index (χ0n) is 13.2. The second kappa shape index (κ2) is 8.76. The van der Waals surface area contributed by atoms with Crippen LogP contribution in [0.5, 0.6) is 0 Å². The third kappa shape index (κ3) is 8.44. The van der Waals surface area contributed by atoms with Crippen molar-refractivity contribution in [3.63, 3.8) is 0 Å². The number of methoxy groups -OCH3 is 2. The van der Waals surface area contributed by atoms with E-state index in [2.05, 4.69) is 14.8 Å². The van der Waals surface area contributed by atoms with Gasteiger partial charge in [-0.05, 0) is 27.7 Å². The lowest BCUT2D eigenvalue weighted by molar-refractivity contribution is -0.150. The van der Waals surface area contributed by atoms with Crippen molar-refractivity contribution < 1.29 is 28.6 Å². The van der Waals surface area contributed by atoms with Gasteiger partial charge in [-0.2, -0.15) is 0 Å². The number of thioether (sulfide) groups is 1. The van der Waals surface area contributed by atoms with Crippen LogP contribution in [0.15, 0.2) is 0 Å². The predicted octanol–water partition coefficient (Wildman–Crippen LogP) is 1.35. The number of ether oxygens (including phenoxy) is 3. The van der Waals surface area contributed by atoms with E-state index in [1.807, 2.05) is 0 Å². The van der Waals surface area contributed by atoms with Crippen molar-refractivity contribution >= 4 is 29.8 Å². The van der Waals surface area contributed by atoms with Gasteiger partial charge in [0.15, 0.2) is 5.25 Å². The highest BCUT2D eigenvalue weighted by Gasteiger charge is 2.30. The summed E-state index contributed by atoms with van der Waals surface area (Å²) >= 11 is 1.04. The fourth-order valence-electron chi connectivity index (χ4n) is 1.24. The molecule has 0 aliphatic rings. The summed E-state index contributed by atoms with van der Waals surface area (Å²) in [4.78, 5) is 34.5. The zero-order chi connectivity index (χ0) is 16.6. The Bertz CT molecular complexity index is 363. The first-order chi connectivity index (χ1) is 9.60. The fourth-order valence-corrected chi connectivity index (χ4v) is 2.27. The summed E-state index contributed by atoms with van der Waals surface area (Å²) in [6.45, 7) is 7.02. The summed E-state index contributed by atoms with van der Waals surface area (Å²) < 4.78 is 14.2. The minimum Gasteiger partial charge on any atom is -0.468 e. The first-order valence-corrected chi connectivity index (χ1v) is 7.42. The standard InChI is InChI=1S/C13H23NO6S/c1-8(14-12(17)20-13(2,3)4)7-21-9(10(15)18-5)11(16)19-6/h8-9H,7H2,1-6H3,(H,14,17). The van der Waals surface area contributed by atoms with Gasteiger partial charge in [-0.3, -0.25) is 9.59 Å². The lowest BCUT2D eigenvalue weighted by atomic mass is 10.2. The first kappa shape index (κ1) is 19.6. The smallest absolute Gasteiger partial charge is 0.407 e. The molecule has 0 fully saturated rings. The van der Waals surface area contributed by atoms with E-state index in [9.17, 15) is 14.4 Å². The number of hydrogen-bond donors (Lipinski definition) is 1. The van der Waals surface area contributed by atoms with Crippen LogP contribution in [0.25, 0.3) is 0 Å². The number of amides is 1. The minimum atomic E-state index is -1.07. The number of alkyl carbamates (subject to hydrolysis) is 1. The fraction of sp³-hybridized carbons (Fsp3) is 0.769. The van der Waals surface area contributed by atoms with Crippen LogP contribution in [0.1, 0.15) is 27.7 Å². The van der Waals surface area contributed by atoms with Gasteiger partial charge in [0, 0.05) is 11.8 Å². The highest BCUT2D eigenvalue weighted by molar-refractivity contribution is 8.01. The molecule has 8 heteroatoms. The summed E-state index contributed by atoms with van der Waals surface area (Å²) in [7, 11) is 2.39. The highest BCUT2D eigenvalue weighted by Crippen LogP contribution is 2.16. The number of hydrogen-bond acceptors (Lipinski definition) is 7. The van der Waals surface area contributed by atoms with Crippen LogP contribution < -0.4 is 5.32 Å². The number of nitrogens with one attached hydrogen (secondary N) is 1. The molecule has 0 heterocycles. The molecule has 1 unspecified atom stereocenters. The third-order valence-corrected chi connectivity index (χ3v) is 3.52. The van der Waals surface area contributed by atoms with E-state index in [-0.39, 0.29) is 6.04 Å². The summed E-state index contributed by atoms with van der Waals surface area (Å²) in [5.74, 6) is -1.04. The van der Waals surface area contributed by atoms with Gasteiger partial charge in [-0.25, -0.2) is 4.79 Å². The molecule has 7 nitrogen and oxygen atoms in total. The molecule has 1 N–H and O–H groups in total. The van der Waals surface area contributed by atoms with Gasteiger partial charge < -0.3 is 19.5 Å². The van der Waals surface area contributed by atoms with Crippen molar-refractivity contribution in [1.29, 1.82) is 0 Å². The average Bonchev–Trinajstić information content (AvgIpc) is 2.35. The molecule has 122 valence electrons. The van der Waals surface area contributed by atoms with E-state index >= 15 is 0 Å². The molecule has 0 aromatic heterocycles. The molecule has 0 aromatic rings. The molecule has 0 bridgehead atoms. The number of rotatable bonds is 6. The van der Waals surface area contributed by atoms with Crippen LogP contribution in [-0.2, 0) is 23.8 Å². The van der Waals surface area contributed by atoms with E-state index in [4.69, 9.17) is 4.74 Å². The van der Waals surface area contributed by atoms with Crippen LogP contribution in [0.4, 0.5) is 4.79 Å². The van der Waals surface area contributed by atoms with Gasteiger partial charge >= 0.3 is 18.0 Å². The van der Waals surface area contributed by atoms with Crippen LogP contribution in [0.3, 0.4) is 0 Å². The maximum atomic E-state index is 11.6. The van der Waals surface area contributed by atoms with Crippen molar-refractivity contribution in [3.05, 3.63) is 0 Å². The summed E-state index contributed by atoms with van der Waals surface area (Å²) in [5.41, 5.74) is -0.586. The van der Waals surface area contributed by atoms with Gasteiger partial charge in [0.25, 0.3) is 0 Å². The maximum absolute atomic E-state index is 11.6. The van der Waals surface area contributed by atoms with Crippen LogP contribution in [0.2, 0.25) is 0 Å². The Morgan fingerprint density at radius 3 is 1.95 bits per heavy atom. The largest absolute Gasteiger partial charge is 0.468 e. The molecule has 0 saturated carbocycles. The number of carbonyl (C=O) groups is 3. The molecule has 0 aliphatic carbocycles. The quantitative estimate of drug-likeness (QED) is 0.448. The van der Waals surface area contributed by atoms with Crippen LogP contribution >= 0.6 is 11.8 Å². The lowest BCUT2D eigenvalue weighted by Gasteiger charge is -2.22. The summed E-state index contributed by atoms with van der Waals surface area (Å²) in [5, 5.41) is 1.55. The van der Waals surface area contributed by atoms with Crippen molar-refractivity contribution in [2.75, 3.05) is 20.0 Å². The van der Waals surface area contributed by atoms with Gasteiger partial charge in [0.1, 0.15) is 5.60 Å². The zero-order valence-corrected chi connectivity index (χ0v) is 14.0. The van der Waals surface area contributed by atoms with E-state index in [0.29, 0.717) is 5.75 Å².